The molecule has 0 aliphatic carbocycles. The molecule has 0 unspecified atom stereocenters. The Bertz CT molecular complexity index is 1270. The molecular formula is C23H20F2N4O2. The lowest BCUT2D eigenvalue weighted by Crippen LogP contribution is -2.12. The fourth-order valence-electron chi connectivity index (χ4n) is 3.43. The van der Waals surface area contributed by atoms with E-state index in [1.165, 1.54) is 6.07 Å². The summed E-state index contributed by atoms with van der Waals surface area (Å²) in [7, 11) is 0. The largest absolute Gasteiger partial charge is 0.482 e. The Morgan fingerprint density at radius 3 is 2.74 bits per heavy atom. The molecular weight excluding hydrogens is 402 g/mol. The van der Waals surface area contributed by atoms with E-state index in [9.17, 15) is 13.6 Å². The van der Waals surface area contributed by atoms with Crippen LogP contribution < -0.4 is 10.5 Å². The molecule has 4 rings (SSSR count). The molecule has 4 aromatic rings. The van der Waals surface area contributed by atoms with Gasteiger partial charge in [0.05, 0.1) is 5.69 Å². The van der Waals surface area contributed by atoms with Crippen LogP contribution in [-0.4, -0.2) is 20.5 Å². The average molecular weight is 422 g/mol. The fourth-order valence-corrected chi connectivity index (χ4v) is 3.43. The van der Waals surface area contributed by atoms with Crippen molar-refractivity contribution in [2.75, 3.05) is 5.73 Å². The van der Waals surface area contributed by atoms with Crippen molar-refractivity contribution in [2.45, 2.75) is 26.4 Å². The number of hydrogen-bond donors (Lipinski definition) is 1. The molecule has 0 amide bonds. The predicted molar refractivity (Wildman–Crippen MR) is 113 cm³/mol. The first-order valence-electron chi connectivity index (χ1n) is 9.76. The van der Waals surface area contributed by atoms with Crippen molar-refractivity contribution < 1.29 is 18.3 Å². The van der Waals surface area contributed by atoms with Gasteiger partial charge in [0.2, 0.25) is 0 Å². The lowest BCUT2D eigenvalue weighted by Gasteiger charge is -2.20. The van der Waals surface area contributed by atoms with E-state index in [-0.39, 0.29) is 28.3 Å². The third-order valence-corrected chi connectivity index (χ3v) is 4.99. The van der Waals surface area contributed by atoms with Crippen molar-refractivity contribution in [3.63, 3.8) is 0 Å². The summed E-state index contributed by atoms with van der Waals surface area (Å²) in [6, 6.07) is 10.5. The van der Waals surface area contributed by atoms with Crippen LogP contribution in [-0.2, 0) is 0 Å². The molecule has 0 aliphatic rings. The number of anilines is 1. The van der Waals surface area contributed by atoms with Crippen molar-refractivity contribution in [3.8, 4) is 11.4 Å². The highest BCUT2D eigenvalue weighted by Crippen LogP contribution is 2.33. The van der Waals surface area contributed by atoms with Gasteiger partial charge < -0.3 is 10.5 Å². The van der Waals surface area contributed by atoms with Crippen molar-refractivity contribution in [1.82, 2.24) is 14.8 Å². The predicted octanol–water partition coefficient (Wildman–Crippen LogP) is 5.01. The second kappa shape index (κ2) is 8.14. The normalized spacial score (nSPS) is 12.1. The number of aromatic nitrogens is 3. The lowest BCUT2D eigenvalue weighted by molar-refractivity contribution is 0.0988. The molecule has 31 heavy (non-hydrogen) atoms. The molecule has 158 valence electrons. The summed E-state index contributed by atoms with van der Waals surface area (Å²) in [5, 5.41) is 4.50. The van der Waals surface area contributed by atoms with E-state index in [2.05, 4.69) is 10.1 Å². The number of fused-ring (bicyclic) bond motifs is 1. The van der Waals surface area contributed by atoms with Crippen LogP contribution in [0.15, 0.2) is 54.9 Å². The van der Waals surface area contributed by atoms with E-state index in [0.717, 1.165) is 17.8 Å². The zero-order valence-corrected chi connectivity index (χ0v) is 17.0. The van der Waals surface area contributed by atoms with Gasteiger partial charge in [0, 0.05) is 41.4 Å². The van der Waals surface area contributed by atoms with E-state index >= 15 is 0 Å². The van der Waals surface area contributed by atoms with Crippen molar-refractivity contribution in [1.29, 1.82) is 0 Å². The van der Waals surface area contributed by atoms with Gasteiger partial charge in [-0.3, -0.25) is 4.79 Å². The fraction of sp³-hybridized carbons (Fsp3) is 0.174. The summed E-state index contributed by atoms with van der Waals surface area (Å²) in [4.78, 5) is 16.3. The minimum Gasteiger partial charge on any atom is -0.482 e. The summed E-state index contributed by atoms with van der Waals surface area (Å²) < 4.78 is 35.4. The number of carbonyl (C=O) groups excluding carboxylic acids is 1. The zero-order valence-electron chi connectivity index (χ0n) is 17.0. The van der Waals surface area contributed by atoms with E-state index in [1.807, 2.05) is 0 Å². The molecule has 0 fully saturated rings. The maximum Gasteiger partial charge on any atom is 0.166 e. The second-order valence-corrected chi connectivity index (χ2v) is 7.09. The third kappa shape index (κ3) is 3.96. The Morgan fingerprint density at radius 2 is 2.03 bits per heavy atom. The first-order valence-corrected chi connectivity index (χ1v) is 9.76. The van der Waals surface area contributed by atoms with Gasteiger partial charge >= 0.3 is 0 Å². The van der Waals surface area contributed by atoms with E-state index in [0.29, 0.717) is 17.5 Å². The van der Waals surface area contributed by atoms with E-state index < -0.39 is 17.7 Å². The van der Waals surface area contributed by atoms with Crippen LogP contribution in [0.4, 0.5) is 14.6 Å². The molecule has 0 spiro atoms. The van der Waals surface area contributed by atoms with Gasteiger partial charge in [-0.2, -0.15) is 5.10 Å². The number of Topliss-reactive ketones (excluding diaryl/α,β-unsaturated/α-hetero) is 1. The zero-order chi connectivity index (χ0) is 22.1. The number of hydrogen-bond acceptors (Lipinski definition) is 5. The molecule has 0 saturated carbocycles. The summed E-state index contributed by atoms with van der Waals surface area (Å²) >= 11 is 0. The molecule has 8 heteroatoms. The number of carbonyl (C=O) groups is 1. The summed E-state index contributed by atoms with van der Waals surface area (Å²) in [6.07, 6.45) is 3.23. The minimum absolute atomic E-state index is 0.00157. The molecule has 2 aromatic heterocycles. The monoisotopic (exact) mass is 422 g/mol. The van der Waals surface area contributed by atoms with Gasteiger partial charge in [-0.15, -0.1) is 0 Å². The van der Waals surface area contributed by atoms with E-state index in [1.54, 1.807) is 55.2 Å². The number of benzene rings is 2. The number of nitrogen functional groups attached to an aromatic ring is 1. The van der Waals surface area contributed by atoms with Crippen LogP contribution in [0.1, 0.15) is 42.3 Å². The van der Waals surface area contributed by atoms with Crippen molar-refractivity contribution >= 4 is 22.5 Å². The van der Waals surface area contributed by atoms with Gasteiger partial charge in [-0.05, 0) is 43.3 Å². The number of halogens is 2. The summed E-state index contributed by atoms with van der Waals surface area (Å²) in [5.41, 5.74) is 7.93. The van der Waals surface area contributed by atoms with Crippen LogP contribution in [0.5, 0.6) is 5.75 Å². The van der Waals surface area contributed by atoms with Crippen LogP contribution in [0, 0.1) is 11.6 Å². The maximum absolute atomic E-state index is 14.0. The summed E-state index contributed by atoms with van der Waals surface area (Å²) in [6.45, 7) is 3.58. The third-order valence-electron chi connectivity index (χ3n) is 4.99. The van der Waals surface area contributed by atoms with Crippen LogP contribution in [0.2, 0.25) is 0 Å². The van der Waals surface area contributed by atoms with Gasteiger partial charge in [-0.1, -0.05) is 6.92 Å². The molecule has 2 aromatic carbocycles. The Morgan fingerprint density at radius 1 is 1.23 bits per heavy atom. The molecule has 6 nitrogen and oxygen atoms in total. The van der Waals surface area contributed by atoms with Crippen molar-refractivity contribution in [2.24, 2.45) is 0 Å². The average Bonchev–Trinajstić information content (AvgIpc) is 3.28. The molecule has 2 N–H and O–H groups in total. The topological polar surface area (TPSA) is 83.0 Å². The first kappa shape index (κ1) is 20.5. The molecule has 0 bridgehead atoms. The van der Waals surface area contributed by atoms with Crippen LogP contribution >= 0.6 is 0 Å². The molecule has 2 heterocycles. The van der Waals surface area contributed by atoms with Crippen molar-refractivity contribution in [3.05, 3.63) is 77.6 Å². The quantitative estimate of drug-likeness (QED) is 0.442. The maximum atomic E-state index is 14.0. The van der Waals surface area contributed by atoms with E-state index in [4.69, 9.17) is 10.5 Å². The number of ketones is 1. The molecule has 0 radical (unpaired) electrons. The highest BCUT2D eigenvalue weighted by Gasteiger charge is 2.19. The number of rotatable bonds is 6. The van der Waals surface area contributed by atoms with Crippen LogP contribution in [0.25, 0.3) is 16.6 Å². The smallest absolute Gasteiger partial charge is 0.166 e. The number of pyridine rings is 1. The van der Waals surface area contributed by atoms with Gasteiger partial charge in [0.15, 0.2) is 23.2 Å². The van der Waals surface area contributed by atoms with Crippen LogP contribution in [0.3, 0.4) is 0 Å². The Balaban J connectivity index is 1.76. The number of nitrogens with zero attached hydrogens (tertiary/aromatic N) is 3. The van der Waals surface area contributed by atoms with Gasteiger partial charge in [0.1, 0.15) is 17.4 Å². The molecule has 0 saturated heterocycles. The Hall–Kier alpha value is -3.81. The van der Waals surface area contributed by atoms with Gasteiger partial charge in [-0.25, -0.2) is 18.4 Å². The highest BCUT2D eigenvalue weighted by atomic mass is 19.1. The number of ether oxygens (including phenoxy) is 1. The lowest BCUT2D eigenvalue weighted by atomic mass is 10.0. The standard InChI is InChI=1S/C23H20F2N4O2/c1-3-20(30)14-5-6-19(29-8-4-7-27-29)17(10-14)13(2)31-21-11-15-9-16(24)12-18(25)22(15)28-23(21)26/h4-13H,3H2,1-2H3,(H2,26,28)/t13-/m0/s1. The summed E-state index contributed by atoms with van der Waals surface area (Å²) in [5.74, 6) is -1.36. The SMILES string of the molecule is CCC(=O)c1ccc(-n2cccn2)c([C@H](C)Oc2cc3cc(F)cc(F)c3nc2N)c1. The second-order valence-electron chi connectivity index (χ2n) is 7.09. The highest BCUT2D eigenvalue weighted by molar-refractivity contribution is 5.96. The first-order chi connectivity index (χ1) is 14.9. The Kier molecular flexibility index (Phi) is 5.37. The Labute approximate surface area is 177 Å². The number of nitrogens with two attached hydrogens (primary N) is 1. The minimum atomic E-state index is -0.798. The molecule has 0 aliphatic heterocycles. The van der Waals surface area contributed by atoms with Gasteiger partial charge in [0.25, 0.3) is 0 Å². The molecule has 1 atom stereocenters.